The molecule has 20 heavy (non-hydrogen) atoms. The highest BCUT2D eigenvalue weighted by Gasteiger charge is 2.11. The van der Waals surface area contributed by atoms with Crippen molar-refractivity contribution in [3.8, 4) is 22.8 Å². The summed E-state index contributed by atoms with van der Waals surface area (Å²) in [6.45, 7) is 0. The van der Waals surface area contributed by atoms with Crippen LogP contribution in [0, 0.1) is 0 Å². The van der Waals surface area contributed by atoms with E-state index in [4.69, 9.17) is 4.52 Å². The van der Waals surface area contributed by atoms with Crippen molar-refractivity contribution in [1.29, 1.82) is 0 Å². The van der Waals surface area contributed by atoms with Crippen molar-refractivity contribution < 1.29 is 4.52 Å². The predicted molar refractivity (Wildman–Crippen MR) is 73.9 cm³/mol. The van der Waals surface area contributed by atoms with Crippen molar-refractivity contribution in [2.45, 2.75) is 0 Å². The number of hydrogen-bond acceptors (Lipinski definition) is 7. The van der Waals surface area contributed by atoms with Crippen LogP contribution in [0.2, 0.25) is 0 Å². The maximum absolute atomic E-state index is 5.30. The van der Waals surface area contributed by atoms with E-state index >= 15 is 0 Å². The van der Waals surface area contributed by atoms with E-state index < -0.39 is 0 Å². The Morgan fingerprint density at radius 3 is 3.00 bits per heavy atom. The predicted octanol–water partition coefficient (Wildman–Crippen LogP) is 2.80. The Bertz CT molecular complexity index is 871. The first kappa shape index (κ1) is 11.2. The quantitative estimate of drug-likeness (QED) is 0.562. The zero-order valence-corrected chi connectivity index (χ0v) is 10.9. The molecule has 0 bridgehead atoms. The standard InChI is InChI=1S/C13H7N5OS/c1-2-9(7-14-5-1)12-15-13(19-17-12)8-3-4-11-10(6-8)16-18-20-11/h1-7H. The van der Waals surface area contributed by atoms with Gasteiger partial charge in [-0.05, 0) is 41.9 Å². The number of nitrogens with zero attached hydrogens (tertiary/aromatic N) is 5. The van der Waals surface area contributed by atoms with Crippen molar-refractivity contribution in [3.63, 3.8) is 0 Å². The van der Waals surface area contributed by atoms with Crippen LogP contribution in [-0.2, 0) is 0 Å². The summed E-state index contributed by atoms with van der Waals surface area (Å²) in [5.41, 5.74) is 2.47. The van der Waals surface area contributed by atoms with Crippen LogP contribution >= 0.6 is 11.5 Å². The number of aromatic nitrogens is 5. The van der Waals surface area contributed by atoms with Gasteiger partial charge in [-0.15, -0.1) is 5.10 Å². The highest BCUT2D eigenvalue weighted by molar-refractivity contribution is 7.12. The molecule has 3 aromatic heterocycles. The summed E-state index contributed by atoms with van der Waals surface area (Å²) in [6, 6.07) is 9.47. The molecule has 0 unspecified atom stereocenters. The van der Waals surface area contributed by atoms with E-state index in [0.717, 1.165) is 21.3 Å². The van der Waals surface area contributed by atoms with Crippen LogP contribution in [0.1, 0.15) is 0 Å². The highest BCUT2D eigenvalue weighted by atomic mass is 32.1. The zero-order valence-electron chi connectivity index (χ0n) is 10.1. The molecule has 0 aliphatic carbocycles. The lowest BCUT2D eigenvalue weighted by Crippen LogP contribution is -1.82. The van der Waals surface area contributed by atoms with E-state index in [1.807, 2.05) is 30.3 Å². The molecule has 0 aliphatic rings. The number of fused-ring (bicyclic) bond motifs is 1. The average molecular weight is 281 g/mol. The van der Waals surface area contributed by atoms with Crippen molar-refractivity contribution in [3.05, 3.63) is 42.7 Å². The Kier molecular flexibility index (Phi) is 2.49. The minimum Gasteiger partial charge on any atom is -0.334 e. The third kappa shape index (κ3) is 1.84. The van der Waals surface area contributed by atoms with Gasteiger partial charge >= 0.3 is 0 Å². The first-order chi connectivity index (χ1) is 9.90. The van der Waals surface area contributed by atoms with Gasteiger partial charge in [0.1, 0.15) is 5.52 Å². The Balaban J connectivity index is 1.77. The van der Waals surface area contributed by atoms with Gasteiger partial charge in [-0.2, -0.15) is 4.98 Å². The van der Waals surface area contributed by atoms with Crippen LogP contribution < -0.4 is 0 Å². The molecule has 4 rings (SSSR count). The molecule has 0 N–H and O–H groups in total. The Morgan fingerprint density at radius 2 is 2.10 bits per heavy atom. The van der Waals surface area contributed by atoms with Crippen LogP contribution in [0.3, 0.4) is 0 Å². The van der Waals surface area contributed by atoms with Gasteiger partial charge in [0, 0.05) is 23.5 Å². The van der Waals surface area contributed by atoms with Crippen molar-refractivity contribution in [1.82, 2.24) is 24.7 Å². The maximum Gasteiger partial charge on any atom is 0.258 e. The summed E-state index contributed by atoms with van der Waals surface area (Å²) >= 11 is 1.36. The largest absolute Gasteiger partial charge is 0.334 e. The molecule has 3 heterocycles. The molecule has 6 nitrogen and oxygen atoms in total. The van der Waals surface area contributed by atoms with Gasteiger partial charge in [0.15, 0.2) is 0 Å². The van der Waals surface area contributed by atoms with E-state index in [9.17, 15) is 0 Å². The third-order valence-corrected chi connectivity index (χ3v) is 3.54. The molecular weight excluding hydrogens is 274 g/mol. The summed E-state index contributed by atoms with van der Waals surface area (Å²) in [7, 11) is 0. The summed E-state index contributed by atoms with van der Waals surface area (Å²) < 4.78 is 10.2. The zero-order chi connectivity index (χ0) is 13.4. The van der Waals surface area contributed by atoms with E-state index in [1.165, 1.54) is 11.5 Å². The maximum atomic E-state index is 5.30. The molecule has 0 spiro atoms. The highest BCUT2D eigenvalue weighted by Crippen LogP contribution is 2.25. The molecule has 0 atom stereocenters. The van der Waals surface area contributed by atoms with Gasteiger partial charge in [-0.1, -0.05) is 9.64 Å². The minimum atomic E-state index is 0.457. The summed E-state index contributed by atoms with van der Waals surface area (Å²) in [5, 5.41) is 8.01. The van der Waals surface area contributed by atoms with Gasteiger partial charge in [0.25, 0.3) is 5.89 Å². The van der Waals surface area contributed by atoms with Crippen molar-refractivity contribution in [2.24, 2.45) is 0 Å². The first-order valence-electron chi connectivity index (χ1n) is 5.87. The Hall–Kier alpha value is -2.67. The van der Waals surface area contributed by atoms with Crippen LogP contribution in [0.5, 0.6) is 0 Å². The fourth-order valence-electron chi connectivity index (χ4n) is 1.87. The molecule has 96 valence electrons. The molecule has 0 saturated heterocycles. The van der Waals surface area contributed by atoms with Crippen LogP contribution in [-0.4, -0.2) is 24.7 Å². The number of hydrogen-bond donors (Lipinski definition) is 0. The lowest BCUT2D eigenvalue weighted by Gasteiger charge is -1.93. The minimum absolute atomic E-state index is 0.457. The van der Waals surface area contributed by atoms with Gasteiger partial charge in [-0.25, -0.2) is 0 Å². The normalized spacial score (nSPS) is 11.0. The Morgan fingerprint density at radius 1 is 1.10 bits per heavy atom. The summed E-state index contributed by atoms with van der Waals surface area (Å²) in [4.78, 5) is 8.42. The topological polar surface area (TPSA) is 77.6 Å². The molecule has 4 aromatic rings. The fourth-order valence-corrected chi connectivity index (χ4v) is 2.41. The molecule has 0 amide bonds. The second-order valence-electron chi connectivity index (χ2n) is 4.12. The number of rotatable bonds is 2. The van der Waals surface area contributed by atoms with E-state index in [2.05, 4.69) is 24.7 Å². The van der Waals surface area contributed by atoms with Crippen molar-refractivity contribution in [2.75, 3.05) is 0 Å². The summed E-state index contributed by atoms with van der Waals surface area (Å²) in [6.07, 6.45) is 3.40. The second-order valence-corrected chi connectivity index (χ2v) is 4.91. The Labute approximate surface area is 117 Å². The molecule has 0 fully saturated rings. The van der Waals surface area contributed by atoms with E-state index in [0.29, 0.717) is 11.7 Å². The van der Waals surface area contributed by atoms with Crippen LogP contribution in [0.4, 0.5) is 0 Å². The summed E-state index contributed by atoms with van der Waals surface area (Å²) in [5.74, 6) is 0.975. The molecular formula is C13H7N5OS. The monoisotopic (exact) mass is 281 g/mol. The van der Waals surface area contributed by atoms with Crippen LogP contribution in [0.25, 0.3) is 33.1 Å². The van der Waals surface area contributed by atoms with E-state index in [1.54, 1.807) is 12.4 Å². The van der Waals surface area contributed by atoms with Gasteiger partial charge in [0.05, 0.1) is 4.70 Å². The molecule has 0 radical (unpaired) electrons. The van der Waals surface area contributed by atoms with Gasteiger partial charge in [-0.3, -0.25) is 4.98 Å². The molecule has 7 heteroatoms. The number of benzene rings is 1. The van der Waals surface area contributed by atoms with Crippen molar-refractivity contribution >= 4 is 21.7 Å². The second kappa shape index (κ2) is 4.46. The van der Waals surface area contributed by atoms with E-state index in [-0.39, 0.29) is 0 Å². The average Bonchev–Trinajstić information content (AvgIpc) is 3.16. The van der Waals surface area contributed by atoms with Gasteiger partial charge < -0.3 is 4.52 Å². The van der Waals surface area contributed by atoms with Gasteiger partial charge in [0.2, 0.25) is 5.82 Å². The smallest absolute Gasteiger partial charge is 0.258 e. The lowest BCUT2D eigenvalue weighted by atomic mass is 10.2. The first-order valence-corrected chi connectivity index (χ1v) is 6.64. The number of pyridine rings is 1. The molecule has 0 aliphatic heterocycles. The fraction of sp³-hybridized carbons (Fsp3) is 0. The van der Waals surface area contributed by atoms with Crippen LogP contribution in [0.15, 0.2) is 47.2 Å². The SMILES string of the molecule is c1cncc(-c2noc(-c3ccc4snnc4c3)n2)c1. The third-order valence-electron chi connectivity index (χ3n) is 2.84. The molecule has 0 saturated carbocycles. The molecule has 1 aromatic carbocycles. The lowest BCUT2D eigenvalue weighted by molar-refractivity contribution is 0.432.